The van der Waals surface area contributed by atoms with Crippen LogP contribution in [0.15, 0.2) is 18.6 Å². The molecule has 2 aromatic rings. The van der Waals surface area contributed by atoms with E-state index in [-0.39, 0.29) is 6.04 Å². The molecule has 0 aliphatic carbocycles. The van der Waals surface area contributed by atoms with Gasteiger partial charge in [-0.2, -0.15) is 0 Å². The predicted molar refractivity (Wildman–Crippen MR) is 74.6 cm³/mol. The third-order valence-corrected chi connectivity index (χ3v) is 2.98. The molecule has 0 spiro atoms. The molecule has 5 nitrogen and oxygen atoms in total. The predicted octanol–water partition coefficient (Wildman–Crippen LogP) is 2.22. The van der Waals surface area contributed by atoms with Gasteiger partial charge in [-0.25, -0.2) is 19.9 Å². The van der Waals surface area contributed by atoms with E-state index >= 15 is 0 Å². The summed E-state index contributed by atoms with van der Waals surface area (Å²) < 4.78 is 0. The lowest BCUT2D eigenvalue weighted by Gasteiger charge is -2.14. The number of aromatic nitrogens is 4. The summed E-state index contributed by atoms with van der Waals surface area (Å²) in [7, 11) is 0. The zero-order chi connectivity index (χ0) is 13.8. The van der Waals surface area contributed by atoms with Crippen LogP contribution in [0.25, 0.3) is 11.6 Å². The zero-order valence-electron chi connectivity index (χ0n) is 11.8. The molecule has 19 heavy (non-hydrogen) atoms. The Morgan fingerprint density at radius 2 is 1.68 bits per heavy atom. The first-order valence-corrected chi connectivity index (χ1v) is 6.47. The van der Waals surface area contributed by atoms with Crippen LogP contribution in [0.3, 0.4) is 0 Å². The van der Waals surface area contributed by atoms with Gasteiger partial charge in [0.2, 0.25) is 0 Å². The largest absolute Gasteiger partial charge is 0.310 e. The molecule has 0 fully saturated rings. The van der Waals surface area contributed by atoms with Crippen molar-refractivity contribution in [3.05, 3.63) is 35.4 Å². The Morgan fingerprint density at radius 3 is 2.26 bits per heavy atom. The molecular formula is C14H19N5. The molecule has 0 radical (unpaired) electrons. The quantitative estimate of drug-likeness (QED) is 0.910. The van der Waals surface area contributed by atoms with E-state index < -0.39 is 0 Å². The lowest BCUT2D eigenvalue weighted by Crippen LogP contribution is -2.19. The molecule has 100 valence electrons. The highest BCUT2D eigenvalue weighted by Crippen LogP contribution is 2.17. The molecule has 1 atom stereocenters. The number of hydrogen-bond donors (Lipinski definition) is 1. The van der Waals surface area contributed by atoms with Crippen molar-refractivity contribution in [2.24, 2.45) is 0 Å². The molecule has 1 unspecified atom stereocenters. The summed E-state index contributed by atoms with van der Waals surface area (Å²) in [6, 6.07) is 0.248. The highest BCUT2D eigenvalue weighted by atomic mass is 15.0. The van der Waals surface area contributed by atoms with E-state index in [9.17, 15) is 0 Å². The van der Waals surface area contributed by atoms with E-state index in [1.165, 1.54) is 0 Å². The van der Waals surface area contributed by atoms with Crippen LogP contribution in [0.1, 0.15) is 36.7 Å². The first-order chi connectivity index (χ1) is 9.11. The van der Waals surface area contributed by atoms with Gasteiger partial charge in [0.25, 0.3) is 0 Å². The highest BCUT2D eigenvalue weighted by Gasteiger charge is 2.11. The van der Waals surface area contributed by atoms with Crippen LogP contribution in [0, 0.1) is 13.8 Å². The summed E-state index contributed by atoms with van der Waals surface area (Å²) in [5.74, 6) is 1.14. The number of nitrogens with one attached hydrogen (secondary N) is 1. The Kier molecular flexibility index (Phi) is 4.16. The normalized spacial score (nSPS) is 12.4. The Hall–Kier alpha value is -1.88. The summed E-state index contributed by atoms with van der Waals surface area (Å²) in [5, 5.41) is 3.36. The molecule has 1 N–H and O–H groups in total. The van der Waals surface area contributed by atoms with Gasteiger partial charge >= 0.3 is 0 Å². The molecule has 5 heteroatoms. The molecule has 2 rings (SSSR count). The van der Waals surface area contributed by atoms with Crippen molar-refractivity contribution in [3.8, 4) is 11.6 Å². The molecule has 0 aliphatic heterocycles. The van der Waals surface area contributed by atoms with Crippen LogP contribution in [0.2, 0.25) is 0 Å². The molecule has 2 aromatic heterocycles. The summed E-state index contributed by atoms with van der Waals surface area (Å²) in [6.07, 6.45) is 5.40. The van der Waals surface area contributed by atoms with Crippen LogP contribution in [-0.2, 0) is 0 Å². The van der Waals surface area contributed by atoms with Gasteiger partial charge in [0, 0.05) is 35.9 Å². The fourth-order valence-corrected chi connectivity index (χ4v) is 1.93. The Labute approximate surface area is 113 Å². The standard InChI is InChI=1S/C14H19N5/c1-5-15-10(3)12-8-18-14(19-11(12)4)13-16-6-9(2)7-17-13/h6-8,10,15H,5H2,1-4H3. The second-order valence-corrected chi connectivity index (χ2v) is 4.60. The van der Waals surface area contributed by atoms with Gasteiger partial charge in [-0.15, -0.1) is 0 Å². The third kappa shape index (κ3) is 3.12. The summed E-state index contributed by atoms with van der Waals surface area (Å²) in [6.45, 7) is 9.06. The van der Waals surface area contributed by atoms with Crippen molar-refractivity contribution < 1.29 is 0 Å². The highest BCUT2D eigenvalue weighted by molar-refractivity contribution is 5.43. The third-order valence-electron chi connectivity index (χ3n) is 2.98. The first kappa shape index (κ1) is 13.5. The number of aryl methyl sites for hydroxylation is 2. The minimum Gasteiger partial charge on any atom is -0.310 e. The fourth-order valence-electron chi connectivity index (χ4n) is 1.93. The lowest BCUT2D eigenvalue weighted by molar-refractivity contribution is 0.590. The number of hydrogen-bond acceptors (Lipinski definition) is 5. The first-order valence-electron chi connectivity index (χ1n) is 6.47. The lowest BCUT2D eigenvalue weighted by atomic mass is 10.1. The van der Waals surface area contributed by atoms with Crippen molar-refractivity contribution in [1.29, 1.82) is 0 Å². The maximum absolute atomic E-state index is 4.50. The maximum atomic E-state index is 4.50. The van der Waals surface area contributed by atoms with Gasteiger partial charge in [-0.3, -0.25) is 0 Å². The molecule has 0 saturated heterocycles. The van der Waals surface area contributed by atoms with Gasteiger partial charge in [0.05, 0.1) is 0 Å². The SMILES string of the molecule is CCNC(C)c1cnc(-c2ncc(C)cn2)nc1C. The van der Waals surface area contributed by atoms with E-state index in [0.29, 0.717) is 11.6 Å². The number of rotatable bonds is 4. The van der Waals surface area contributed by atoms with E-state index in [1.807, 2.05) is 20.0 Å². The van der Waals surface area contributed by atoms with E-state index in [1.54, 1.807) is 12.4 Å². The number of nitrogens with zero attached hydrogens (tertiary/aromatic N) is 4. The van der Waals surface area contributed by atoms with Gasteiger partial charge < -0.3 is 5.32 Å². The summed E-state index contributed by atoms with van der Waals surface area (Å²) in [5.41, 5.74) is 3.10. The van der Waals surface area contributed by atoms with Gasteiger partial charge in [0.1, 0.15) is 0 Å². The average molecular weight is 257 g/mol. The Balaban J connectivity index is 2.30. The molecule has 2 heterocycles. The van der Waals surface area contributed by atoms with Crippen molar-refractivity contribution in [3.63, 3.8) is 0 Å². The molecule has 0 bridgehead atoms. The smallest absolute Gasteiger partial charge is 0.197 e. The molecule has 0 saturated carbocycles. The topological polar surface area (TPSA) is 63.6 Å². The van der Waals surface area contributed by atoms with Crippen LogP contribution in [0.4, 0.5) is 0 Å². The van der Waals surface area contributed by atoms with E-state index in [2.05, 4.69) is 39.1 Å². The van der Waals surface area contributed by atoms with E-state index in [4.69, 9.17) is 0 Å². The second-order valence-electron chi connectivity index (χ2n) is 4.60. The summed E-state index contributed by atoms with van der Waals surface area (Å²) in [4.78, 5) is 17.4. The Bertz CT molecular complexity index is 550. The van der Waals surface area contributed by atoms with Gasteiger partial charge in [-0.1, -0.05) is 6.92 Å². The minimum absolute atomic E-state index is 0.248. The average Bonchev–Trinajstić information content (AvgIpc) is 2.39. The second kappa shape index (κ2) is 5.84. The zero-order valence-corrected chi connectivity index (χ0v) is 11.8. The summed E-state index contributed by atoms with van der Waals surface area (Å²) >= 11 is 0. The minimum atomic E-state index is 0.248. The van der Waals surface area contributed by atoms with Crippen molar-refractivity contribution in [2.75, 3.05) is 6.54 Å². The van der Waals surface area contributed by atoms with Crippen LogP contribution in [-0.4, -0.2) is 26.5 Å². The molecule has 0 aromatic carbocycles. The van der Waals surface area contributed by atoms with Crippen LogP contribution in [0.5, 0.6) is 0 Å². The molecular weight excluding hydrogens is 238 g/mol. The van der Waals surface area contributed by atoms with E-state index in [0.717, 1.165) is 23.4 Å². The Morgan fingerprint density at radius 1 is 1.05 bits per heavy atom. The maximum Gasteiger partial charge on any atom is 0.197 e. The van der Waals surface area contributed by atoms with Gasteiger partial charge in [-0.05, 0) is 32.9 Å². The fraction of sp³-hybridized carbons (Fsp3) is 0.429. The van der Waals surface area contributed by atoms with Crippen LogP contribution < -0.4 is 5.32 Å². The monoisotopic (exact) mass is 257 g/mol. The molecule has 0 aliphatic rings. The molecule has 0 amide bonds. The van der Waals surface area contributed by atoms with Gasteiger partial charge in [0.15, 0.2) is 11.6 Å². The van der Waals surface area contributed by atoms with Crippen LogP contribution >= 0.6 is 0 Å². The van der Waals surface area contributed by atoms with Crippen molar-refractivity contribution >= 4 is 0 Å². The van der Waals surface area contributed by atoms with Crippen molar-refractivity contribution in [1.82, 2.24) is 25.3 Å². The van der Waals surface area contributed by atoms with Crippen molar-refractivity contribution in [2.45, 2.75) is 33.7 Å².